The number of rotatable bonds is 1. The Morgan fingerprint density at radius 1 is 1.38 bits per heavy atom. The van der Waals surface area contributed by atoms with Gasteiger partial charge in [-0.15, -0.1) is 11.3 Å². The van der Waals surface area contributed by atoms with Gasteiger partial charge in [0.2, 0.25) is 0 Å². The normalized spacial score (nSPS) is 20.2. The van der Waals surface area contributed by atoms with Crippen molar-refractivity contribution >= 4 is 17.2 Å². The summed E-state index contributed by atoms with van der Waals surface area (Å²) in [5, 5.41) is 20.8. The lowest BCUT2D eigenvalue weighted by Gasteiger charge is -2.13. The Bertz CT molecular complexity index is 935. The molecule has 2 aromatic rings. The average molecular weight is 370 g/mol. The van der Waals surface area contributed by atoms with Crippen LogP contribution in [-0.2, 0) is 0 Å². The van der Waals surface area contributed by atoms with Crippen LogP contribution in [0.15, 0.2) is 18.2 Å². The first-order valence-corrected chi connectivity index (χ1v) is 9.28. The second kappa shape index (κ2) is 6.40. The van der Waals surface area contributed by atoms with Gasteiger partial charge in [-0.2, -0.15) is 0 Å². The van der Waals surface area contributed by atoms with Gasteiger partial charge in [0.25, 0.3) is 5.91 Å². The van der Waals surface area contributed by atoms with E-state index in [1.165, 1.54) is 0 Å². The second-order valence-corrected chi connectivity index (χ2v) is 7.65. The van der Waals surface area contributed by atoms with Crippen molar-refractivity contribution in [2.45, 2.75) is 37.4 Å². The highest BCUT2D eigenvalue weighted by atomic mass is 32.1. The van der Waals surface area contributed by atoms with E-state index in [1.54, 1.807) is 6.07 Å². The van der Waals surface area contributed by atoms with Crippen LogP contribution in [0.25, 0.3) is 11.3 Å². The van der Waals surface area contributed by atoms with Gasteiger partial charge in [0.1, 0.15) is 24.1 Å². The molecule has 134 valence electrons. The molecule has 26 heavy (non-hydrogen) atoms. The zero-order valence-corrected chi connectivity index (χ0v) is 14.8. The molecule has 0 radical (unpaired) electrons. The minimum absolute atomic E-state index is 0.0746. The number of hydrogen-bond donors (Lipinski definition) is 3. The quantitative estimate of drug-likeness (QED) is 0.666. The van der Waals surface area contributed by atoms with Crippen LogP contribution in [-0.4, -0.2) is 33.3 Å². The van der Waals surface area contributed by atoms with Crippen molar-refractivity contribution < 1.29 is 19.7 Å². The van der Waals surface area contributed by atoms with Gasteiger partial charge in [0, 0.05) is 11.1 Å². The molecule has 2 aliphatic rings. The van der Waals surface area contributed by atoms with Crippen molar-refractivity contribution in [3.63, 3.8) is 0 Å². The summed E-state index contributed by atoms with van der Waals surface area (Å²) in [6.07, 6.45) is 2.48. The number of fused-ring (bicyclic) bond motifs is 3. The molecule has 0 bridgehead atoms. The third-order valence-corrected chi connectivity index (χ3v) is 5.84. The number of nitrogens with two attached hydrogens (primary N) is 1. The van der Waals surface area contributed by atoms with E-state index in [-0.39, 0.29) is 11.6 Å². The first-order valence-electron chi connectivity index (χ1n) is 8.46. The number of carbonyl (C=O) groups is 1. The molecule has 2 heterocycles. The van der Waals surface area contributed by atoms with Gasteiger partial charge in [-0.25, -0.2) is 4.98 Å². The van der Waals surface area contributed by atoms with Gasteiger partial charge in [0.05, 0.1) is 10.6 Å². The lowest BCUT2D eigenvalue weighted by Crippen LogP contribution is -2.20. The largest absolute Gasteiger partial charge is 0.490 e. The first-order chi connectivity index (χ1) is 12.5. The zero-order valence-electron chi connectivity index (χ0n) is 14.0. The average Bonchev–Trinajstić information content (AvgIpc) is 3.23. The summed E-state index contributed by atoms with van der Waals surface area (Å²) in [5.41, 5.74) is 6.29. The van der Waals surface area contributed by atoms with Crippen molar-refractivity contribution in [2.24, 2.45) is 5.73 Å². The number of carbonyl (C=O) groups excluding carboxylic acids is 1. The number of benzene rings is 1. The predicted molar refractivity (Wildman–Crippen MR) is 96.8 cm³/mol. The number of aliphatic hydroxyl groups excluding tert-OH is 1. The summed E-state index contributed by atoms with van der Waals surface area (Å²) in [5.74, 6) is 5.95. The molecule has 0 spiro atoms. The molecule has 6 nitrogen and oxygen atoms in total. The van der Waals surface area contributed by atoms with Crippen LogP contribution in [0, 0.1) is 11.8 Å². The molecule has 1 atom stereocenters. The number of aliphatic hydroxyl groups is 2. The SMILES string of the molecule is NC(=O)c1nc2c(s1)[C@H](O)COc1ccc(C#CC3(O)CCCC3)cc1-2. The molecule has 1 aliphatic heterocycles. The van der Waals surface area contributed by atoms with Gasteiger partial charge >= 0.3 is 0 Å². The molecule has 0 unspecified atom stereocenters. The molecule has 1 aromatic carbocycles. The van der Waals surface area contributed by atoms with Crippen LogP contribution in [0.1, 0.15) is 52.0 Å². The van der Waals surface area contributed by atoms with Crippen LogP contribution in [0.5, 0.6) is 5.75 Å². The van der Waals surface area contributed by atoms with Crippen LogP contribution < -0.4 is 10.5 Å². The summed E-state index contributed by atoms with van der Waals surface area (Å²) in [6, 6.07) is 5.38. The van der Waals surface area contributed by atoms with Crippen molar-refractivity contribution in [1.29, 1.82) is 0 Å². The molecule has 1 aliphatic carbocycles. The molecule has 4 rings (SSSR count). The lowest BCUT2D eigenvalue weighted by atomic mass is 10.0. The molecule has 1 aromatic heterocycles. The number of aromatic nitrogens is 1. The van der Waals surface area contributed by atoms with E-state index in [0.717, 1.165) is 24.2 Å². The van der Waals surface area contributed by atoms with Crippen molar-refractivity contribution in [1.82, 2.24) is 4.98 Å². The van der Waals surface area contributed by atoms with E-state index in [2.05, 4.69) is 16.8 Å². The monoisotopic (exact) mass is 370 g/mol. The second-order valence-electron chi connectivity index (χ2n) is 6.62. The molecule has 1 fully saturated rings. The number of thiazole rings is 1. The predicted octanol–water partition coefficient (Wildman–Crippen LogP) is 1.99. The highest BCUT2D eigenvalue weighted by molar-refractivity contribution is 7.14. The standard InChI is InChI=1S/C19H18N2O4S/c20-17(23)18-21-15-12-9-11(5-8-19(24)6-1-2-7-19)3-4-14(12)25-10-13(22)16(15)26-18/h3-4,9,13,22,24H,1-2,6-7,10H2,(H2,20,23)/t13-/m1/s1. The first kappa shape index (κ1) is 17.0. The Kier molecular flexibility index (Phi) is 4.19. The minimum atomic E-state index is -0.912. The number of nitrogens with zero attached hydrogens (tertiary/aromatic N) is 1. The molecule has 7 heteroatoms. The number of amides is 1. The highest BCUT2D eigenvalue weighted by Crippen LogP contribution is 2.41. The third-order valence-electron chi connectivity index (χ3n) is 4.67. The molecular weight excluding hydrogens is 352 g/mol. The van der Waals surface area contributed by atoms with Gasteiger partial charge in [-0.3, -0.25) is 4.79 Å². The summed E-state index contributed by atoms with van der Waals surface area (Å²) in [7, 11) is 0. The fraction of sp³-hybridized carbons (Fsp3) is 0.368. The summed E-state index contributed by atoms with van der Waals surface area (Å²) in [4.78, 5) is 16.3. The van der Waals surface area contributed by atoms with E-state index in [0.29, 0.717) is 40.3 Å². The number of primary amides is 1. The zero-order chi connectivity index (χ0) is 18.3. The van der Waals surface area contributed by atoms with E-state index >= 15 is 0 Å². The minimum Gasteiger partial charge on any atom is -0.490 e. The fourth-order valence-corrected chi connectivity index (χ4v) is 4.19. The van der Waals surface area contributed by atoms with Gasteiger partial charge in [0.15, 0.2) is 5.01 Å². The Balaban J connectivity index is 1.77. The van der Waals surface area contributed by atoms with Crippen molar-refractivity contribution in [3.8, 4) is 28.8 Å². The molecule has 1 amide bonds. The van der Waals surface area contributed by atoms with E-state index in [4.69, 9.17) is 10.5 Å². The third kappa shape index (κ3) is 3.07. The molecule has 4 N–H and O–H groups in total. The van der Waals surface area contributed by atoms with Crippen LogP contribution >= 0.6 is 11.3 Å². The molecule has 0 saturated heterocycles. The van der Waals surface area contributed by atoms with Crippen LogP contribution in [0.4, 0.5) is 0 Å². The highest BCUT2D eigenvalue weighted by Gasteiger charge is 2.29. The molecular formula is C19H18N2O4S. The summed E-state index contributed by atoms with van der Waals surface area (Å²) in [6.45, 7) is 0.0746. The van der Waals surface area contributed by atoms with Crippen molar-refractivity contribution in [2.75, 3.05) is 6.61 Å². The fourth-order valence-electron chi connectivity index (χ4n) is 3.29. The Labute approximate surface area is 154 Å². The Morgan fingerprint density at radius 2 is 2.15 bits per heavy atom. The van der Waals surface area contributed by atoms with Crippen molar-refractivity contribution in [3.05, 3.63) is 33.6 Å². The maximum atomic E-state index is 11.5. The Morgan fingerprint density at radius 3 is 2.88 bits per heavy atom. The van der Waals surface area contributed by atoms with E-state index in [1.807, 2.05) is 12.1 Å². The van der Waals surface area contributed by atoms with Gasteiger partial charge in [-0.1, -0.05) is 11.8 Å². The smallest absolute Gasteiger partial charge is 0.277 e. The lowest BCUT2D eigenvalue weighted by molar-refractivity contribution is 0.0999. The maximum absolute atomic E-state index is 11.5. The van der Waals surface area contributed by atoms with Gasteiger partial charge in [-0.05, 0) is 43.9 Å². The Hall–Kier alpha value is -2.40. The van der Waals surface area contributed by atoms with Crippen LogP contribution in [0.2, 0.25) is 0 Å². The van der Waals surface area contributed by atoms with E-state index < -0.39 is 17.6 Å². The summed E-state index contributed by atoms with van der Waals surface area (Å²) < 4.78 is 5.66. The number of ether oxygens (including phenoxy) is 1. The summed E-state index contributed by atoms with van der Waals surface area (Å²) >= 11 is 1.08. The number of hydrogen-bond acceptors (Lipinski definition) is 6. The maximum Gasteiger partial charge on any atom is 0.277 e. The topological polar surface area (TPSA) is 106 Å². The molecule has 1 saturated carbocycles. The van der Waals surface area contributed by atoms with E-state index in [9.17, 15) is 15.0 Å². The van der Waals surface area contributed by atoms with Crippen LogP contribution in [0.3, 0.4) is 0 Å². The van der Waals surface area contributed by atoms with Gasteiger partial charge < -0.3 is 20.7 Å².